The van der Waals surface area contributed by atoms with E-state index in [-0.39, 0.29) is 5.91 Å². The molecule has 4 heteroatoms. The minimum absolute atomic E-state index is 0.0344. The van der Waals surface area contributed by atoms with Gasteiger partial charge >= 0.3 is 0 Å². The molecule has 0 aliphatic rings. The SMILES string of the molecule is CC[C@H](C)c1ccc2oc(-c3ccc(NC(=O)CC(C)C)cc3)nc2c1. The molecule has 26 heavy (non-hydrogen) atoms. The molecule has 4 nitrogen and oxygen atoms in total. The molecule has 2 aromatic carbocycles. The average Bonchev–Trinajstić information content (AvgIpc) is 3.04. The summed E-state index contributed by atoms with van der Waals surface area (Å²) in [5.41, 5.74) is 4.64. The quantitative estimate of drug-likeness (QED) is 0.594. The Kier molecular flexibility index (Phi) is 5.40. The van der Waals surface area contributed by atoms with Crippen molar-refractivity contribution in [3.05, 3.63) is 48.0 Å². The Bertz CT molecular complexity index is 894. The maximum Gasteiger partial charge on any atom is 0.227 e. The smallest absolute Gasteiger partial charge is 0.227 e. The summed E-state index contributed by atoms with van der Waals surface area (Å²) in [7, 11) is 0. The summed E-state index contributed by atoms with van der Waals surface area (Å²) in [6.07, 6.45) is 1.62. The second-order valence-electron chi connectivity index (χ2n) is 7.28. The van der Waals surface area contributed by atoms with Gasteiger partial charge in [-0.3, -0.25) is 4.79 Å². The Labute approximate surface area is 154 Å². The van der Waals surface area contributed by atoms with Crippen LogP contribution in [0.3, 0.4) is 0 Å². The van der Waals surface area contributed by atoms with Gasteiger partial charge in [-0.2, -0.15) is 0 Å². The molecule has 3 aromatic rings. The number of aromatic nitrogens is 1. The zero-order chi connectivity index (χ0) is 18.7. The number of carbonyl (C=O) groups excluding carboxylic acids is 1. The second-order valence-corrected chi connectivity index (χ2v) is 7.28. The van der Waals surface area contributed by atoms with Crippen molar-refractivity contribution in [2.24, 2.45) is 5.92 Å². The van der Waals surface area contributed by atoms with Crippen LogP contribution in [0.5, 0.6) is 0 Å². The van der Waals surface area contributed by atoms with Gasteiger partial charge < -0.3 is 9.73 Å². The summed E-state index contributed by atoms with van der Waals surface area (Å²) in [5, 5.41) is 2.91. The van der Waals surface area contributed by atoms with E-state index in [1.54, 1.807) is 0 Å². The molecule has 0 fully saturated rings. The molecular formula is C22H26N2O2. The van der Waals surface area contributed by atoms with Crippen molar-refractivity contribution in [3.63, 3.8) is 0 Å². The van der Waals surface area contributed by atoms with Crippen molar-refractivity contribution >= 4 is 22.7 Å². The average molecular weight is 350 g/mol. The Morgan fingerprint density at radius 1 is 1.12 bits per heavy atom. The Balaban J connectivity index is 1.79. The molecule has 3 rings (SSSR count). The molecule has 1 heterocycles. The summed E-state index contributed by atoms with van der Waals surface area (Å²) in [6.45, 7) is 8.46. The standard InChI is InChI=1S/C22H26N2O2/c1-5-15(4)17-8-11-20-19(13-17)24-22(26-20)16-6-9-18(10-7-16)23-21(25)12-14(2)3/h6-11,13-15H,5,12H2,1-4H3,(H,23,25)/t15-/m0/s1. The third-order valence-corrected chi connectivity index (χ3v) is 4.60. The maximum absolute atomic E-state index is 11.9. The van der Waals surface area contributed by atoms with E-state index in [0.29, 0.717) is 24.1 Å². The van der Waals surface area contributed by atoms with Crippen LogP contribution in [0.25, 0.3) is 22.6 Å². The fraction of sp³-hybridized carbons (Fsp3) is 0.364. The van der Waals surface area contributed by atoms with Crippen LogP contribution in [0, 0.1) is 5.92 Å². The van der Waals surface area contributed by atoms with Crippen molar-refractivity contribution in [1.29, 1.82) is 0 Å². The monoisotopic (exact) mass is 350 g/mol. The van der Waals surface area contributed by atoms with Gasteiger partial charge in [-0.15, -0.1) is 0 Å². The van der Waals surface area contributed by atoms with Gasteiger partial charge in [0, 0.05) is 17.7 Å². The van der Waals surface area contributed by atoms with Crippen molar-refractivity contribution in [3.8, 4) is 11.5 Å². The molecule has 1 aromatic heterocycles. The minimum Gasteiger partial charge on any atom is -0.436 e. The van der Waals surface area contributed by atoms with Crippen LogP contribution in [0.15, 0.2) is 46.9 Å². The van der Waals surface area contributed by atoms with Crippen molar-refractivity contribution in [2.75, 3.05) is 5.32 Å². The molecule has 0 aliphatic heterocycles. The fourth-order valence-corrected chi connectivity index (χ4v) is 2.89. The van der Waals surface area contributed by atoms with Gasteiger partial charge in [0.15, 0.2) is 5.58 Å². The molecule has 1 atom stereocenters. The van der Waals surface area contributed by atoms with Crippen LogP contribution in [0.2, 0.25) is 0 Å². The number of hydrogen-bond donors (Lipinski definition) is 1. The number of anilines is 1. The number of hydrogen-bond acceptors (Lipinski definition) is 3. The van der Waals surface area contributed by atoms with Crippen molar-refractivity contribution in [1.82, 2.24) is 4.98 Å². The summed E-state index contributed by atoms with van der Waals surface area (Å²) < 4.78 is 5.90. The zero-order valence-corrected chi connectivity index (χ0v) is 15.9. The molecule has 1 N–H and O–H groups in total. The third-order valence-electron chi connectivity index (χ3n) is 4.60. The van der Waals surface area contributed by atoms with E-state index >= 15 is 0 Å². The summed E-state index contributed by atoms with van der Waals surface area (Å²) in [5.74, 6) is 1.48. The molecule has 136 valence electrons. The van der Waals surface area contributed by atoms with Gasteiger partial charge in [0.2, 0.25) is 11.8 Å². The second kappa shape index (κ2) is 7.73. The molecule has 0 unspecified atom stereocenters. The largest absolute Gasteiger partial charge is 0.436 e. The number of nitrogens with zero attached hydrogens (tertiary/aromatic N) is 1. The fourth-order valence-electron chi connectivity index (χ4n) is 2.89. The highest BCUT2D eigenvalue weighted by Gasteiger charge is 2.11. The molecule has 0 radical (unpaired) electrons. The van der Waals surface area contributed by atoms with Gasteiger partial charge in [-0.05, 0) is 60.2 Å². The first-order valence-electron chi connectivity index (χ1n) is 9.27. The highest BCUT2D eigenvalue weighted by Crippen LogP contribution is 2.28. The summed E-state index contributed by atoms with van der Waals surface area (Å²) in [4.78, 5) is 16.5. The first kappa shape index (κ1) is 18.2. The van der Waals surface area contributed by atoms with E-state index < -0.39 is 0 Å². The molecular weight excluding hydrogens is 324 g/mol. The van der Waals surface area contributed by atoms with E-state index in [1.807, 2.05) is 44.2 Å². The Morgan fingerprint density at radius 3 is 2.50 bits per heavy atom. The van der Waals surface area contributed by atoms with Gasteiger partial charge in [0.1, 0.15) is 5.52 Å². The number of benzene rings is 2. The lowest BCUT2D eigenvalue weighted by atomic mass is 9.98. The van der Waals surface area contributed by atoms with Crippen molar-refractivity contribution < 1.29 is 9.21 Å². The first-order valence-corrected chi connectivity index (χ1v) is 9.27. The van der Waals surface area contributed by atoms with Gasteiger partial charge in [0.25, 0.3) is 0 Å². The molecule has 0 spiro atoms. The van der Waals surface area contributed by atoms with Crippen molar-refractivity contribution in [2.45, 2.75) is 46.5 Å². The van der Waals surface area contributed by atoms with Crippen LogP contribution in [0.1, 0.15) is 52.0 Å². The number of amides is 1. The normalized spacial score (nSPS) is 12.5. The lowest BCUT2D eigenvalue weighted by molar-refractivity contribution is -0.116. The Hall–Kier alpha value is -2.62. The maximum atomic E-state index is 11.9. The number of nitrogens with one attached hydrogen (secondary N) is 1. The zero-order valence-electron chi connectivity index (χ0n) is 15.9. The van der Waals surface area contributed by atoms with E-state index in [2.05, 4.69) is 36.3 Å². The predicted octanol–water partition coefficient (Wildman–Crippen LogP) is 5.99. The number of fused-ring (bicyclic) bond motifs is 1. The Morgan fingerprint density at radius 2 is 1.85 bits per heavy atom. The van der Waals surface area contributed by atoms with E-state index in [9.17, 15) is 4.79 Å². The van der Waals surface area contributed by atoms with E-state index in [1.165, 1.54) is 5.56 Å². The molecule has 0 saturated carbocycles. The number of rotatable bonds is 6. The third kappa shape index (κ3) is 4.13. The van der Waals surface area contributed by atoms with Crippen LogP contribution in [-0.4, -0.2) is 10.9 Å². The van der Waals surface area contributed by atoms with E-state index in [0.717, 1.165) is 28.8 Å². The van der Waals surface area contributed by atoms with Gasteiger partial charge in [0.05, 0.1) is 0 Å². The van der Waals surface area contributed by atoms with Crippen LogP contribution in [0.4, 0.5) is 5.69 Å². The van der Waals surface area contributed by atoms with E-state index in [4.69, 9.17) is 4.42 Å². The molecule has 0 bridgehead atoms. The summed E-state index contributed by atoms with van der Waals surface area (Å²) in [6, 6.07) is 13.8. The predicted molar refractivity (Wildman–Crippen MR) is 106 cm³/mol. The van der Waals surface area contributed by atoms with Crippen LogP contribution < -0.4 is 5.32 Å². The minimum atomic E-state index is 0.0344. The highest BCUT2D eigenvalue weighted by molar-refractivity contribution is 5.91. The molecule has 0 saturated heterocycles. The van der Waals surface area contributed by atoms with Gasteiger partial charge in [-0.1, -0.05) is 33.8 Å². The number of carbonyl (C=O) groups is 1. The van der Waals surface area contributed by atoms with Crippen LogP contribution in [-0.2, 0) is 4.79 Å². The van der Waals surface area contributed by atoms with Gasteiger partial charge in [-0.25, -0.2) is 4.98 Å². The first-order chi connectivity index (χ1) is 12.5. The topological polar surface area (TPSA) is 55.1 Å². The lowest BCUT2D eigenvalue weighted by Gasteiger charge is -2.07. The number of oxazole rings is 1. The summed E-state index contributed by atoms with van der Waals surface area (Å²) >= 11 is 0. The van der Waals surface area contributed by atoms with Crippen LogP contribution >= 0.6 is 0 Å². The highest BCUT2D eigenvalue weighted by atomic mass is 16.3. The molecule has 1 amide bonds. The molecule has 0 aliphatic carbocycles. The lowest BCUT2D eigenvalue weighted by Crippen LogP contribution is -2.13.